The van der Waals surface area contributed by atoms with Gasteiger partial charge in [0.05, 0.1) is 7.11 Å². The molecule has 0 aliphatic carbocycles. The monoisotopic (exact) mass is 283 g/mol. The van der Waals surface area contributed by atoms with E-state index in [-0.39, 0.29) is 6.04 Å². The van der Waals surface area contributed by atoms with Gasteiger partial charge in [-0.15, -0.1) is 0 Å². The lowest BCUT2D eigenvalue weighted by molar-refractivity contribution is 0.408. The molecule has 2 aromatic carbocycles. The summed E-state index contributed by atoms with van der Waals surface area (Å²) >= 11 is 0. The fourth-order valence-corrected chi connectivity index (χ4v) is 2.89. The summed E-state index contributed by atoms with van der Waals surface area (Å²) in [5, 5.41) is 0. The zero-order chi connectivity index (χ0) is 15.6. The van der Waals surface area contributed by atoms with E-state index < -0.39 is 0 Å². The van der Waals surface area contributed by atoms with Gasteiger partial charge in [-0.1, -0.05) is 35.9 Å². The van der Waals surface area contributed by atoms with Crippen molar-refractivity contribution in [2.45, 2.75) is 40.2 Å². The third-order valence-electron chi connectivity index (χ3n) is 4.06. The molecule has 0 aliphatic rings. The van der Waals surface area contributed by atoms with E-state index in [4.69, 9.17) is 10.5 Å². The molecule has 2 aromatic rings. The second-order valence-electron chi connectivity index (χ2n) is 5.93. The first-order valence-corrected chi connectivity index (χ1v) is 7.39. The van der Waals surface area contributed by atoms with E-state index in [2.05, 4.69) is 58.0 Å². The van der Waals surface area contributed by atoms with E-state index in [1.54, 1.807) is 7.11 Å². The predicted molar refractivity (Wildman–Crippen MR) is 89.0 cm³/mol. The molecule has 2 rings (SSSR count). The highest BCUT2D eigenvalue weighted by Gasteiger charge is 2.13. The van der Waals surface area contributed by atoms with Gasteiger partial charge in [0.15, 0.2) is 0 Å². The minimum atomic E-state index is 0.00815. The Balaban J connectivity index is 2.28. The maximum absolute atomic E-state index is 6.43. The number of ether oxygens (including phenoxy) is 1. The average molecular weight is 283 g/mol. The van der Waals surface area contributed by atoms with Crippen LogP contribution in [0, 0.1) is 27.7 Å². The predicted octanol–water partition coefficient (Wildman–Crippen LogP) is 4.17. The second-order valence-corrected chi connectivity index (χ2v) is 5.93. The third-order valence-corrected chi connectivity index (χ3v) is 4.06. The molecule has 0 heterocycles. The van der Waals surface area contributed by atoms with E-state index in [0.29, 0.717) is 0 Å². The van der Waals surface area contributed by atoms with Crippen molar-refractivity contribution in [1.82, 2.24) is 0 Å². The van der Waals surface area contributed by atoms with Gasteiger partial charge in [0.25, 0.3) is 0 Å². The number of methoxy groups -OCH3 is 1. The molecule has 0 saturated carbocycles. The molecule has 0 aromatic heterocycles. The molecule has 2 heteroatoms. The summed E-state index contributed by atoms with van der Waals surface area (Å²) in [5.41, 5.74) is 13.8. The largest absolute Gasteiger partial charge is 0.496 e. The Morgan fingerprint density at radius 2 is 1.57 bits per heavy atom. The van der Waals surface area contributed by atoms with E-state index >= 15 is 0 Å². The molecule has 0 saturated heterocycles. The Morgan fingerprint density at radius 3 is 2.14 bits per heavy atom. The van der Waals surface area contributed by atoms with Gasteiger partial charge in [0, 0.05) is 6.04 Å². The molecule has 0 radical (unpaired) electrons. The Morgan fingerprint density at radius 1 is 0.952 bits per heavy atom. The van der Waals surface area contributed by atoms with Gasteiger partial charge in [-0.3, -0.25) is 0 Å². The summed E-state index contributed by atoms with van der Waals surface area (Å²) < 4.78 is 5.42. The van der Waals surface area contributed by atoms with Crippen LogP contribution in [0.25, 0.3) is 0 Å². The molecule has 2 nitrogen and oxygen atoms in total. The van der Waals surface area contributed by atoms with E-state index in [0.717, 1.165) is 23.3 Å². The van der Waals surface area contributed by atoms with Crippen LogP contribution in [0.3, 0.4) is 0 Å². The zero-order valence-electron chi connectivity index (χ0n) is 13.7. The summed E-state index contributed by atoms with van der Waals surface area (Å²) in [5.74, 6) is 0.956. The van der Waals surface area contributed by atoms with Crippen LogP contribution in [0.5, 0.6) is 5.75 Å². The van der Waals surface area contributed by atoms with Gasteiger partial charge in [0.1, 0.15) is 5.75 Å². The van der Waals surface area contributed by atoms with Crippen LogP contribution in [-0.4, -0.2) is 7.11 Å². The number of benzene rings is 2. The zero-order valence-corrected chi connectivity index (χ0v) is 13.7. The van der Waals surface area contributed by atoms with E-state index in [1.165, 1.54) is 22.3 Å². The first kappa shape index (κ1) is 15.6. The van der Waals surface area contributed by atoms with Crippen molar-refractivity contribution in [1.29, 1.82) is 0 Å². The van der Waals surface area contributed by atoms with Gasteiger partial charge in [-0.25, -0.2) is 0 Å². The van der Waals surface area contributed by atoms with Crippen LogP contribution >= 0.6 is 0 Å². The molecule has 1 unspecified atom stereocenters. The number of rotatable bonds is 4. The highest BCUT2D eigenvalue weighted by molar-refractivity contribution is 5.44. The molecule has 112 valence electrons. The highest BCUT2D eigenvalue weighted by Crippen LogP contribution is 2.28. The lowest BCUT2D eigenvalue weighted by Gasteiger charge is -2.18. The standard InChI is InChI=1S/C19H25NO/c1-12-6-7-13(2)16(8-12)11-18(20)17-9-14(3)19(21-5)15(4)10-17/h6-10,18H,11,20H2,1-5H3. The molecular formula is C19H25NO. The van der Waals surface area contributed by atoms with Crippen molar-refractivity contribution in [2.75, 3.05) is 7.11 Å². The first-order valence-electron chi connectivity index (χ1n) is 7.39. The fourth-order valence-electron chi connectivity index (χ4n) is 2.89. The highest BCUT2D eigenvalue weighted by atomic mass is 16.5. The SMILES string of the molecule is COc1c(C)cc(C(N)Cc2cc(C)ccc2C)cc1C. The van der Waals surface area contributed by atoms with Crippen LogP contribution in [-0.2, 0) is 6.42 Å². The van der Waals surface area contributed by atoms with E-state index in [9.17, 15) is 0 Å². The van der Waals surface area contributed by atoms with Crippen LogP contribution < -0.4 is 10.5 Å². The third kappa shape index (κ3) is 3.45. The van der Waals surface area contributed by atoms with E-state index in [1.807, 2.05) is 0 Å². The molecule has 21 heavy (non-hydrogen) atoms. The number of aryl methyl sites for hydroxylation is 4. The van der Waals surface area contributed by atoms with Crippen molar-refractivity contribution in [3.05, 3.63) is 63.7 Å². The number of nitrogens with two attached hydrogens (primary N) is 1. The summed E-state index contributed by atoms with van der Waals surface area (Å²) in [6.07, 6.45) is 0.860. The lowest BCUT2D eigenvalue weighted by Crippen LogP contribution is -2.15. The normalized spacial score (nSPS) is 12.3. The molecule has 2 N–H and O–H groups in total. The Hall–Kier alpha value is -1.80. The topological polar surface area (TPSA) is 35.2 Å². The molecule has 0 fully saturated rings. The maximum atomic E-state index is 6.43. The van der Waals surface area contributed by atoms with Crippen LogP contribution in [0.1, 0.15) is 39.4 Å². The van der Waals surface area contributed by atoms with Gasteiger partial charge in [-0.2, -0.15) is 0 Å². The van der Waals surface area contributed by atoms with Crippen LogP contribution in [0.4, 0.5) is 0 Å². The molecular weight excluding hydrogens is 258 g/mol. The molecule has 0 aliphatic heterocycles. The smallest absolute Gasteiger partial charge is 0.124 e. The maximum Gasteiger partial charge on any atom is 0.124 e. The Bertz CT molecular complexity index is 623. The fraction of sp³-hybridized carbons (Fsp3) is 0.368. The van der Waals surface area contributed by atoms with Crippen molar-refractivity contribution in [3.63, 3.8) is 0 Å². The average Bonchev–Trinajstić information content (AvgIpc) is 2.42. The minimum absolute atomic E-state index is 0.00815. The van der Waals surface area contributed by atoms with Crippen molar-refractivity contribution < 1.29 is 4.74 Å². The first-order chi connectivity index (χ1) is 9.92. The lowest BCUT2D eigenvalue weighted by atomic mass is 9.93. The number of hydrogen-bond acceptors (Lipinski definition) is 2. The van der Waals surface area contributed by atoms with Gasteiger partial charge in [0.2, 0.25) is 0 Å². The second kappa shape index (κ2) is 6.31. The summed E-state index contributed by atoms with van der Waals surface area (Å²) in [4.78, 5) is 0. The molecule has 0 amide bonds. The van der Waals surface area contributed by atoms with Crippen molar-refractivity contribution in [2.24, 2.45) is 5.73 Å². The van der Waals surface area contributed by atoms with Crippen molar-refractivity contribution >= 4 is 0 Å². The van der Waals surface area contributed by atoms with Gasteiger partial charge in [-0.05, 0) is 61.9 Å². The Kier molecular flexibility index (Phi) is 4.69. The number of hydrogen-bond donors (Lipinski definition) is 1. The summed E-state index contributed by atoms with van der Waals surface area (Å²) in [6.45, 7) is 8.40. The van der Waals surface area contributed by atoms with Gasteiger partial charge >= 0.3 is 0 Å². The summed E-state index contributed by atoms with van der Waals surface area (Å²) in [7, 11) is 1.71. The molecule has 0 bridgehead atoms. The summed E-state index contributed by atoms with van der Waals surface area (Å²) in [6, 6.07) is 10.8. The van der Waals surface area contributed by atoms with Gasteiger partial charge < -0.3 is 10.5 Å². The minimum Gasteiger partial charge on any atom is -0.496 e. The quantitative estimate of drug-likeness (QED) is 0.914. The van der Waals surface area contributed by atoms with Crippen molar-refractivity contribution in [3.8, 4) is 5.75 Å². The Labute approximate surface area is 127 Å². The molecule has 0 spiro atoms. The molecule has 1 atom stereocenters. The van der Waals surface area contributed by atoms with Crippen LogP contribution in [0.15, 0.2) is 30.3 Å². The van der Waals surface area contributed by atoms with Crippen LogP contribution in [0.2, 0.25) is 0 Å².